The zero-order valence-corrected chi connectivity index (χ0v) is 8.89. The van der Waals surface area contributed by atoms with Gasteiger partial charge in [-0.25, -0.2) is 4.39 Å². The lowest BCUT2D eigenvalue weighted by molar-refractivity contribution is 0.101. The van der Waals surface area contributed by atoms with Crippen molar-refractivity contribution in [3.63, 3.8) is 0 Å². The van der Waals surface area contributed by atoms with Crippen molar-refractivity contribution < 1.29 is 13.6 Å². The molecule has 0 bridgehead atoms. The topological polar surface area (TPSA) is 30.2 Å². The summed E-state index contributed by atoms with van der Waals surface area (Å²) in [6.45, 7) is 1.33. The van der Waals surface area contributed by atoms with Gasteiger partial charge in [0, 0.05) is 0 Å². The second kappa shape index (κ2) is 3.20. The fourth-order valence-electron chi connectivity index (χ4n) is 1.32. The highest BCUT2D eigenvalue weighted by molar-refractivity contribution is 9.10. The fraction of sp³-hybridized carbons (Fsp3) is 0.100. The van der Waals surface area contributed by atoms with Crippen molar-refractivity contribution in [2.75, 3.05) is 0 Å². The Morgan fingerprint density at radius 2 is 2.29 bits per heavy atom. The number of carbonyl (C=O) groups is 1. The van der Waals surface area contributed by atoms with Gasteiger partial charge in [-0.3, -0.25) is 4.79 Å². The molecule has 0 unspecified atom stereocenters. The van der Waals surface area contributed by atoms with E-state index in [-0.39, 0.29) is 11.3 Å². The van der Waals surface area contributed by atoms with E-state index >= 15 is 0 Å². The third-order valence-corrected chi connectivity index (χ3v) is 2.59. The largest absolute Gasteiger partial charge is 0.463 e. The predicted molar refractivity (Wildman–Crippen MR) is 53.9 cm³/mol. The maximum atomic E-state index is 13.6. The average Bonchev–Trinajstić information content (AvgIpc) is 2.59. The molecule has 2 aromatic rings. The third-order valence-electron chi connectivity index (χ3n) is 2.01. The van der Waals surface area contributed by atoms with Crippen molar-refractivity contribution >= 4 is 32.7 Å². The van der Waals surface area contributed by atoms with E-state index in [0.717, 1.165) is 0 Å². The second-order valence-electron chi connectivity index (χ2n) is 2.94. The molecular weight excluding hydrogens is 251 g/mol. The summed E-state index contributed by atoms with van der Waals surface area (Å²) >= 11 is 3.22. The van der Waals surface area contributed by atoms with Gasteiger partial charge in [0.25, 0.3) is 0 Å². The molecular formula is C10H6BrFO2. The SMILES string of the molecule is CC(=O)c1cc(Br)c2occc2c1F. The van der Waals surface area contributed by atoms with E-state index in [1.165, 1.54) is 25.3 Å². The average molecular weight is 257 g/mol. The molecule has 0 fully saturated rings. The molecule has 0 amide bonds. The van der Waals surface area contributed by atoms with Crippen molar-refractivity contribution in [2.24, 2.45) is 0 Å². The van der Waals surface area contributed by atoms with Crippen molar-refractivity contribution in [2.45, 2.75) is 6.92 Å². The van der Waals surface area contributed by atoms with Crippen LogP contribution in [0.15, 0.2) is 27.3 Å². The summed E-state index contributed by atoms with van der Waals surface area (Å²) in [5.74, 6) is -0.823. The quantitative estimate of drug-likeness (QED) is 0.731. The van der Waals surface area contributed by atoms with Gasteiger partial charge in [-0.1, -0.05) is 0 Å². The highest BCUT2D eigenvalue weighted by Gasteiger charge is 2.15. The first-order chi connectivity index (χ1) is 6.61. The molecule has 0 aliphatic heterocycles. The highest BCUT2D eigenvalue weighted by Crippen LogP contribution is 2.29. The molecule has 0 N–H and O–H groups in total. The van der Waals surface area contributed by atoms with E-state index in [0.29, 0.717) is 15.4 Å². The van der Waals surface area contributed by atoms with Crippen LogP contribution in [0.25, 0.3) is 11.0 Å². The van der Waals surface area contributed by atoms with Gasteiger partial charge in [-0.05, 0) is 35.0 Å². The summed E-state index contributed by atoms with van der Waals surface area (Å²) in [7, 11) is 0. The van der Waals surface area contributed by atoms with Crippen molar-refractivity contribution in [3.05, 3.63) is 34.2 Å². The van der Waals surface area contributed by atoms with Gasteiger partial charge in [0.15, 0.2) is 11.4 Å². The minimum absolute atomic E-state index is 0.0748. The van der Waals surface area contributed by atoms with Crippen LogP contribution >= 0.6 is 15.9 Å². The van der Waals surface area contributed by atoms with Crippen molar-refractivity contribution in [1.29, 1.82) is 0 Å². The number of Topliss-reactive ketones (excluding diaryl/α,β-unsaturated/α-hetero) is 1. The van der Waals surface area contributed by atoms with Crippen LogP contribution in [-0.2, 0) is 0 Å². The van der Waals surface area contributed by atoms with E-state index in [9.17, 15) is 9.18 Å². The fourth-order valence-corrected chi connectivity index (χ4v) is 1.86. The summed E-state index contributed by atoms with van der Waals surface area (Å²) in [5.41, 5.74) is 0.498. The molecule has 0 aliphatic rings. The number of benzene rings is 1. The molecule has 0 saturated heterocycles. The van der Waals surface area contributed by atoms with Crippen molar-refractivity contribution in [3.8, 4) is 0 Å². The third kappa shape index (κ3) is 1.26. The Morgan fingerprint density at radius 3 is 2.93 bits per heavy atom. The number of fused-ring (bicyclic) bond motifs is 1. The Morgan fingerprint density at radius 1 is 1.57 bits per heavy atom. The van der Waals surface area contributed by atoms with Crippen LogP contribution in [0, 0.1) is 5.82 Å². The molecule has 0 aliphatic carbocycles. The lowest BCUT2D eigenvalue weighted by Gasteiger charge is -2.01. The number of hydrogen-bond donors (Lipinski definition) is 0. The first kappa shape index (κ1) is 9.40. The molecule has 2 nitrogen and oxygen atoms in total. The molecule has 1 heterocycles. The van der Waals surface area contributed by atoms with E-state index < -0.39 is 5.82 Å². The van der Waals surface area contributed by atoms with E-state index in [2.05, 4.69) is 15.9 Å². The van der Waals surface area contributed by atoms with Crippen LogP contribution in [0.5, 0.6) is 0 Å². The van der Waals surface area contributed by atoms with E-state index in [1.807, 2.05) is 0 Å². The lowest BCUT2D eigenvalue weighted by atomic mass is 10.1. The predicted octanol–water partition coefficient (Wildman–Crippen LogP) is 3.54. The van der Waals surface area contributed by atoms with Gasteiger partial charge in [0.05, 0.1) is 21.7 Å². The Kier molecular flexibility index (Phi) is 2.15. The summed E-state index contributed by atoms with van der Waals surface area (Å²) in [6, 6.07) is 2.94. The van der Waals surface area contributed by atoms with Gasteiger partial charge in [0.1, 0.15) is 5.82 Å². The van der Waals surface area contributed by atoms with Crippen LogP contribution in [0.3, 0.4) is 0 Å². The van der Waals surface area contributed by atoms with E-state index in [1.54, 1.807) is 0 Å². The summed E-state index contributed by atoms with van der Waals surface area (Å²) in [5, 5.41) is 0.324. The summed E-state index contributed by atoms with van der Waals surface area (Å²) < 4.78 is 19.3. The second-order valence-corrected chi connectivity index (χ2v) is 3.79. The lowest BCUT2D eigenvalue weighted by Crippen LogP contribution is -1.97. The zero-order chi connectivity index (χ0) is 10.3. The first-order valence-corrected chi connectivity index (χ1v) is 4.76. The van der Waals surface area contributed by atoms with Crippen LogP contribution in [0.1, 0.15) is 17.3 Å². The number of rotatable bonds is 1. The van der Waals surface area contributed by atoms with Gasteiger partial charge < -0.3 is 4.42 Å². The summed E-state index contributed by atoms with van der Waals surface area (Å²) in [6.07, 6.45) is 1.39. The number of halogens is 2. The Hall–Kier alpha value is -1.16. The molecule has 0 spiro atoms. The standard InChI is InChI=1S/C10H6BrFO2/c1-5(13)7-4-8(11)10-6(9(7)12)2-3-14-10/h2-4H,1H3. The zero-order valence-electron chi connectivity index (χ0n) is 7.30. The van der Waals surface area contributed by atoms with Crippen molar-refractivity contribution in [1.82, 2.24) is 0 Å². The molecule has 4 heteroatoms. The number of hydrogen-bond acceptors (Lipinski definition) is 2. The molecule has 0 atom stereocenters. The van der Waals surface area contributed by atoms with Crippen LogP contribution < -0.4 is 0 Å². The Bertz CT molecular complexity index is 516. The maximum Gasteiger partial charge on any atom is 0.162 e. The van der Waals surface area contributed by atoms with Crippen LogP contribution in [-0.4, -0.2) is 5.78 Å². The normalized spacial score (nSPS) is 10.8. The molecule has 1 aromatic heterocycles. The molecule has 14 heavy (non-hydrogen) atoms. The number of ketones is 1. The number of furan rings is 1. The van der Waals surface area contributed by atoms with Gasteiger partial charge in [-0.15, -0.1) is 0 Å². The first-order valence-electron chi connectivity index (χ1n) is 3.97. The molecule has 1 aromatic carbocycles. The molecule has 2 rings (SSSR count). The minimum Gasteiger partial charge on any atom is -0.463 e. The monoisotopic (exact) mass is 256 g/mol. The Labute approximate surface area is 87.8 Å². The summed E-state index contributed by atoms with van der Waals surface area (Å²) in [4.78, 5) is 11.1. The van der Waals surface area contributed by atoms with Crippen LogP contribution in [0.2, 0.25) is 0 Å². The van der Waals surface area contributed by atoms with Crippen LogP contribution in [0.4, 0.5) is 4.39 Å². The smallest absolute Gasteiger partial charge is 0.162 e. The molecule has 0 radical (unpaired) electrons. The maximum absolute atomic E-state index is 13.6. The highest BCUT2D eigenvalue weighted by atomic mass is 79.9. The Balaban J connectivity index is 2.88. The molecule has 0 saturated carbocycles. The van der Waals surface area contributed by atoms with Gasteiger partial charge in [-0.2, -0.15) is 0 Å². The molecule has 72 valence electrons. The van der Waals surface area contributed by atoms with Gasteiger partial charge >= 0.3 is 0 Å². The number of carbonyl (C=O) groups excluding carboxylic acids is 1. The van der Waals surface area contributed by atoms with Gasteiger partial charge in [0.2, 0.25) is 0 Å². The minimum atomic E-state index is -0.524. The van der Waals surface area contributed by atoms with E-state index in [4.69, 9.17) is 4.42 Å².